The molecule has 0 aliphatic carbocycles. The highest BCUT2D eigenvalue weighted by Crippen LogP contribution is 2.27. The number of para-hydroxylation sites is 1. The van der Waals surface area contributed by atoms with Gasteiger partial charge >= 0.3 is 0 Å². The van der Waals surface area contributed by atoms with Gasteiger partial charge in [-0.3, -0.25) is 4.79 Å². The number of hydrogen-bond acceptors (Lipinski definition) is 4. The molecule has 0 aliphatic heterocycles. The van der Waals surface area contributed by atoms with Gasteiger partial charge in [0.25, 0.3) is 5.56 Å². The second-order valence-electron chi connectivity index (χ2n) is 4.14. The van der Waals surface area contributed by atoms with Crippen molar-refractivity contribution < 1.29 is 9.47 Å². The van der Waals surface area contributed by atoms with E-state index < -0.39 is 0 Å². The predicted octanol–water partition coefficient (Wildman–Crippen LogP) is 2.37. The Morgan fingerprint density at radius 2 is 2.00 bits per heavy atom. The molecule has 2 rings (SSSR count). The van der Waals surface area contributed by atoms with Crippen LogP contribution in [0.4, 0.5) is 0 Å². The Kier molecular flexibility index (Phi) is 4.90. The largest absolute Gasteiger partial charge is 0.493 e. The van der Waals surface area contributed by atoms with Crippen LogP contribution in [0, 0.1) is 0 Å². The minimum absolute atomic E-state index is 0.198. The second kappa shape index (κ2) is 6.86. The van der Waals surface area contributed by atoms with Crippen LogP contribution in [-0.4, -0.2) is 23.2 Å². The molecule has 0 fully saturated rings. The van der Waals surface area contributed by atoms with Crippen molar-refractivity contribution in [3.8, 4) is 17.0 Å². The minimum atomic E-state index is -0.198. The quantitative estimate of drug-likeness (QED) is 0.878. The van der Waals surface area contributed by atoms with Crippen molar-refractivity contribution in [2.75, 3.05) is 13.2 Å². The lowest BCUT2D eigenvalue weighted by molar-refractivity contribution is 0.128. The standard InChI is InChI=1S/C15H18N2O3/c1-3-19-10-14-16-12(9-15(18)17-14)11-7-5-6-8-13(11)20-4-2/h5-9H,3-4,10H2,1-2H3,(H,16,17,18). The number of ether oxygens (including phenoxy) is 2. The molecule has 0 aliphatic rings. The topological polar surface area (TPSA) is 64.2 Å². The molecule has 0 atom stereocenters. The summed E-state index contributed by atoms with van der Waals surface area (Å²) in [6, 6.07) is 9.00. The zero-order valence-electron chi connectivity index (χ0n) is 11.7. The zero-order chi connectivity index (χ0) is 14.4. The molecule has 0 amide bonds. The zero-order valence-corrected chi connectivity index (χ0v) is 11.7. The van der Waals surface area contributed by atoms with Crippen molar-refractivity contribution >= 4 is 0 Å². The van der Waals surface area contributed by atoms with Gasteiger partial charge in [-0.25, -0.2) is 4.98 Å². The van der Waals surface area contributed by atoms with Gasteiger partial charge in [0.1, 0.15) is 18.2 Å². The minimum Gasteiger partial charge on any atom is -0.493 e. The van der Waals surface area contributed by atoms with E-state index in [0.29, 0.717) is 24.7 Å². The lowest BCUT2D eigenvalue weighted by Crippen LogP contribution is -2.12. The summed E-state index contributed by atoms with van der Waals surface area (Å²) < 4.78 is 10.8. The van der Waals surface area contributed by atoms with Crippen LogP contribution in [0.15, 0.2) is 35.1 Å². The van der Waals surface area contributed by atoms with Crippen molar-refractivity contribution in [2.24, 2.45) is 0 Å². The first-order chi connectivity index (χ1) is 9.74. The third-order valence-electron chi connectivity index (χ3n) is 2.70. The van der Waals surface area contributed by atoms with Crippen LogP contribution in [0.3, 0.4) is 0 Å². The third kappa shape index (κ3) is 3.45. The molecule has 20 heavy (non-hydrogen) atoms. The first-order valence-corrected chi connectivity index (χ1v) is 6.64. The summed E-state index contributed by atoms with van der Waals surface area (Å²) in [6.07, 6.45) is 0. The summed E-state index contributed by atoms with van der Waals surface area (Å²) >= 11 is 0. The van der Waals surface area contributed by atoms with Gasteiger partial charge in [-0.05, 0) is 26.0 Å². The molecular formula is C15H18N2O3. The molecule has 1 aromatic carbocycles. The number of aromatic amines is 1. The van der Waals surface area contributed by atoms with Crippen molar-refractivity contribution in [3.05, 3.63) is 46.5 Å². The molecule has 106 valence electrons. The molecule has 0 saturated heterocycles. The summed E-state index contributed by atoms with van der Waals surface area (Å²) in [5, 5.41) is 0. The van der Waals surface area contributed by atoms with E-state index in [9.17, 15) is 4.79 Å². The fourth-order valence-electron chi connectivity index (χ4n) is 1.87. The number of nitrogens with zero attached hydrogens (tertiary/aromatic N) is 1. The maximum absolute atomic E-state index is 11.7. The van der Waals surface area contributed by atoms with Crippen LogP contribution >= 0.6 is 0 Å². The summed E-state index contributed by atoms with van der Waals surface area (Å²) in [6.45, 7) is 5.24. The van der Waals surface area contributed by atoms with Gasteiger partial charge in [0, 0.05) is 18.2 Å². The Morgan fingerprint density at radius 3 is 2.75 bits per heavy atom. The summed E-state index contributed by atoms with van der Waals surface area (Å²) in [4.78, 5) is 18.8. The van der Waals surface area contributed by atoms with Crippen LogP contribution in [0.2, 0.25) is 0 Å². The number of nitrogens with one attached hydrogen (secondary N) is 1. The Balaban J connectivity index is 2.41. The summed E-state index contributed by atoms with van der Waals surface area (Å²) in [5.41, 5.74) is 1.20. The van der Waals surface area contributed by atoms with Crippen LogP contribution in [0.25, 0.3) is 11.3 Å². The molecule has 0 radical (unpaired) electrons. The first-order valence-electron chi connectivity index (χ1n) is 6.64. The highest BCUT2D eigenvalue weighted by molar-refractivity contribution is 5.66. The van der Waals surface area contributed by atoms with E-state index in [1.54, 1.807) is 0 Å². The molecule has 5 heteroatoms. The van der Waals surface area contributed by atoms with Crippen molar-refractivity contribution in [1.29, 1.82) is 0 Å². The average molecular weight is 274 g/mol. The Morgan fingerprint density at radius 1 is 1.20 bits per heavy atom. The van der Waals surface area contributed by atoms with E-state index in [4.69, 9.17) is 9.47 Å². The van der Waals surface area contributed by atoms with Crippen LogP contribution in [-0.2, 0) is 11.3 Å². The molecule has 0 spiro atoms. The highest BCUT2D eigenvalue weighted by Gasteiger charge is 2.09. The van der Waals surface area contributed by atoms with Gasteiger partial charge in [0.05, 0.1) is 12.3 Å². The highest BCUT2D eigenvalue weighted by atomic mass is 16.5. The lowest BCUT2D eigenvalue weighted by atomic mass is 10.1. The van der Waals surface area contributed by atoms with Gasteiger partial charge in [0.2, 0.25) is 0 Å². The second-order valence-corrected chi connectivity index (χ2v) is 4.14. The van der Waals surface area contributed by atoms with E-state index in [1.165, 1.54) is 6.07 Å². The van der Waals surface area contributed by atoms with Crippen molar-refractivity contribution in [1.82, 2.24) is 9.97 Å². The Bertz CT molecular complexity index is 623. The maximum atomic E-state index is 11.7. The molecule has 2 aromatic rings. The number of aromatic nitrogens is 2. The molecule has 5 nitrogen and oxygen atoms in total. The fourth-order valence-corrected chi connectivity index (χ4v) is 1.87. The Hall–Kier alpha value is -2.14. The van der Waals surface area contributed by atoms with E-state index >= 15 is 0 Å². The first kappa shape index (κ1) is 14.3. The SMILES string of the molecule is CCOCc1nc(-c2ccccc2OCC)cc(=O)[nH]1. The molecular weight excluding hydrogens is 256 g/mol. The summed E-state index contributed by atoms with van der Waals surface area (Å²) in [7, 11) is 0. The Labute approximate surface area is 117 Å². The summed E-state index contributed by atoms with van der Waals surface area (Å²) in [5.74, 6) is 1.23. The normalized spacial score (nSPS) is 10.5. The third-order valence-corrected chi connectivity index (χ3v) is 2.70. The van der Waals surface area contributed by atoms with Crippen LogP contribution in [0.1, 0.15) is 19.7 Å². The predicted molar refractivity (Wildman–Crippen MR) is 76.8 cm³/mol. The molecule has 0 bridgehead atoms. The van der Waals surface area contributed by atoms with Gasteiger partial charge in [-0.15, -0.1) is 0 Å². The van der Waals surface area contributed by atoms with E-state index in [0.717, 1.165) is 11.3 Å². The van der Waals surface area contributed by atoms with Crippen LogP contribution < -0.4 is 10.3 Å². The molecule has 0 unspecified atom stereocenters. The smallest absolute Gasteiger partial charge is 0.251 e. The molecule has 1 aromatic heterocycles. The van der Waals surface area contributed by atoms with E-state index in [2.05, 4.69) is 9.97 Å². The molecule has 0 saturated carbocycles. The van der Waals surface area contributed by atoms with Crippen LogP contribution in [0.5, 0.6) is 5.75 Å². The molecule has 1 heterocycles. The monoisotopic (exact) mass is 274 g/mol. The number of benzene rings is 1. The van der Waals surface area contributed by atoms with Gasteiger partial charge in [0.15, 0.2) is 0 Å². The number of rotatable bonds is 6. The van der Waals surface area contributed by atoms with Gasteiger partial charge < -0.3 is 14.5 Å². The number of hydrogen-bond donors (Lipinski definition) is 1. The lowest BCUT2D eigenvalue weighted by Gasteiger charge is -2.10. The average Bonchev–Trinajstić information content (AvgIpc) is 2.45. The van der Waals surface area contributed by atoms with Gasteiger partial charge in [-0.2, -0.15) is 0 Å². The van der Waals surface area contributed by atoms with Crippen molar-refractivity contribution in [3.63, 3.8) is 0 Å². The fraction of sp³-hybridized carbons (Fsp3) is 0.333. The van der Waals surface area contributed by atoms with Crippen molar-refractivity contribution in [2.45, 2.75) is 20.5 Å². The molecule has 1 N–H and O–H groups in total. The number of H-pyrrole nitrogens is 1. The maximum Gasteiger partial charge on any atom is 0.251 e. The van der Waals surface area contributed by atoms with E-state index in [1.807, 2.05) is 38.1 Å². The van der Waals surface area contributed by atoms with Gasteiger partial charge in [-0.1, -0.05) is 12.1 Å². The van der Waals surface area contributed by atoms with E-state index in [-0.39, 0.29) is 12.2 Å².